The van der Waals surface area contributed by atoms with Gasteiger partial charge in [-0.2, -0.15) is 0 Å². The van der Waals surface area contributed by atoms with Gasteiger partial charge in [-0.1, -0.05) is 42.5 Å². The van der Waals surface area contributed by atoms with Gasteiger partial charge in [-0.15, -0.1) is 0 Å². The smallest absolute Gasteiger partial charge is 0.328 e. The van der Waals surface area contributed by atoms with Crippen molar-refractivity contribution in [2.24, 2.45) is 0 Å². The molecule has 0 aliphatic rings. The lowest BCUT2D eigenvalue weighted by Gasteiger charge is -2.04. The van der Waals surface area contributed by atoms with Gasteiger partial charge in [0.05, 0.1) is 12.2 Å². The number of aromatic nitrogens is 2. The van der Waals surface area contributed by atoms with Crippen LogP contribution < -0.4 is 0 Å². The first kappa shape index (κ1) is 14.8. The van der Waals surface area contributed by atoms with Crippen molar-refractivity contribution in [2.45, 2.75) is 6.54 Å². The number of benzene rings is 1. The molecule has 3 aromatic rings. The maximum Gasteiger partial charge on any atom is 0.328 e. The summed E-state index contributed by atoms with van der Waals surface area (Å²) in [5.74, 6) is -0.952. The number of hydrogen-bond acceptors (Lipinski definition) is 2. The zero-order chi connectivity index (χ0) is 16.1. The minimum atomic E-state index is -0.952. The molecule has 0 saturated heterocycles. The Labute approximate surface area is 134 Å². The summed E-state index contributed by atoms with van der Waals surface area (Å²) in [6.07, 6.45) is 10.1. The van der Waals surface area contributed by atoms with Gasteiger partial charge in [0.15, 0.2) is 0 Å². The summed E-state index contributed by atoms with van der Waals surface area (Å²) < 4.78 is 2.15. The fraction of sp³-hybridized carbons (Fsp3) is 0.0526. The second-order valence-corrected chi connectivity index (χ2v) is 5.11. The standard InChI is InChI=1S/C19H16N2O2/c22-19(23)11-4-1-7-15-13-21(14-16-8-5-6-12-20-16)18-10-3-2-9-17(15)18/h1-13H,14H2,(H,22,23). The lowest BCUT2D eigenvalue weighted by atomic mass is 10.1. The van der Waals surface area contributed by atoms with E-state index in [1.807, 2.05) is 36.4 Å². The molecule has 0 unspecified atom stereocenters. The van der Waals surface area contributed by atoms with Crippen LogP contribution in [0.5, 0.6) is 0 Å². The topological polar surface area (TPSA) is 55.1 Å². The number of carboxylic acids is 1. The average Bonchev–Trinajstić information content (AvgIpc) is 2.91. The van der Waals surface area contributed by atoms with Crippen LogP contribution in [-0.2, 0) is 11.3 Å². The predicted molar refractivity (Wildman–Crippen MR) is 91.1 cm³/mol. The normalized spacial score (nSPS) is 11.7. The number of carboxylic acid groups (broad SMARTS) is 1. The van der Waals surface area contributed by atoms with E-state index >= 15 is 0 Å². The highest BCUT2D eigenvalue weighted by Crippen LogP contribution is 2.23. The Kier molecular flexibility index (Phi) is 4.34. The number of hydrogen-bond donors (Lipinski definition) is 1. The van der Waals surface area contributed by atoms with Crippen molar-refractivity contribution in [3.63, 3.8) is 0 Å². The van der Waals surface area contributed by atoms with E-state index in [9.17, 15) is 4.79 Å². The van der Waals surface area contributed by atoms with Gasteiger partial charge in [-0.3, -0.25) is 4.98 Å². The molecule has 0 aliphatic carbocycles. The molecule has 0 aliphatic heterocycles. The highest BCUT2D eigenvalue weighted by molar-refractivity contribution is 5.90. The lowest BCUT2D eigenvalue weighted by Crippen LogP contribution is -1.99. The Morgan fingerprint density at radius 1 is 1.13 bits per heavy atom. The maximum atomic E-state index is 10.5. The molecule has 0 bridgehead atoms. The third kappa shape index (κ3) is 3.55. The van der Waals surface area contributed by atoms with Crippen molar-refractivity contribution in [3.8, 4) is 0 Å². The molecule has 2 aromatic heterocycles. The lowest BCUT2D eigenvalue weighted by molar-refractivity contribution is -0.131. The Balaban J connectivity index is 1.95. The van der Waals surface area contributed by atoms with Gasteiger partial charge >= 0.3 is 5.97 Å². The quantitative estimate of drug-likeness (QED) is 0.577. The molecular formula is C19H16N2O2. The van der Waals surface area contributed by atoms with Crippen LogP contribution in [0.1, 0.15) is 11.3 Å². The first-order valence-corrected chi connectivity index (χ1v) is 7.29. The largest absolute Gasteiger partial charge is 0.478 e. The second kappa shape index (κ2) is 6.75. The molecule has 0 fully saturated rings. The molecule has 1 aromatic carbocycles. The number of pyridine rings is 1. The molecule has 0 amide bonds. The summed E-state index contributed by atoms with van der Waals surface area (Å²) >= 11 is 0. The number of carbonyl (C=O) groups is 1. The number of aliphatic carboxylic acids is 1. The van der Waals surface area contributed by atoms with Gasteiger partial charge in [0.1, 0.15) is 0 Å². The van der Waals surface area contributed by atoms with Gasteiger partial charge < -0.3 is 9.67 Å². The summed E-state index contributed by atoms with van der Waals surface area (Å²) in [7, 11) is 0. The van der Waals surface area contributed by atoms with Crippen molar-refractivity contribution in [2.75, 3.05) is 0 Å². The van der Waals surface area contributed by atoms with Gasteiger partial charge in [0.2, 0.25) is 0 Å². The van der Waals surface area contributed by atoms with Crippen molar-refractivity contribution < 1.29 is 9.90 Å². The molecule has 4 heteroatoms. The monoisotopic (exact) mass is 304 g/mol. The highest BCUT2D eigenvalue weighted by Gasteiger charge is 2.06. The molecule has 114 valence electrons. The van der Waals surface area contributed by atoms with Crippen LogP contribution in [0.3, 0.4) is 0 Å². The van der Waals surface area contributed by atoms with Gasteiger partial charge in [-0.05, 0) is 23.8 Å². The van der Waals surface area contributed by atoms with E-state index in [4.69, 9.17) is 5.11 Å². The summed E-state index contributed by atoms with van der Waals surface area (Å²) in [6, 6.07) is 14.0. The molecular weight excluding hydrogens is 288 g/mol. The van der Waals surface area contributed by atoms with Crippen LogP contribution in [0.25, 0.3) is 17.0 Å². The van der Waals surface area contributed by atoms with E-state index in [0.29, 0.717) is 6.54 Å². The number of rotatable bonds is 5. The van der Waals surface area contributed by atoms with E-state index in [1.165, 1.54) is 6.08 Å². The summed E-state index contributed by atoms with van der Waals surface area (Å²) in [5.41, 5.74) is 3.17. The molecule has 3 rings (SSSR count). The van der Waals surface area contributed by atoms with Crippen molar-refractivity contribution in [1.82, 2.24) is 9.55 Å². The highest BCUT2D eigenvalue weighted by atomic mass is 16.4. The molecule has 4 nitrogen and oxygen atoms in total. The number of allylic oxidation sites excluding steroid dienone is 2. The minimum Gasteiger partial charge on any atom is -0.478 e. The minimum absolute atomic E-state index is 0.695. The second-order valence-electron chi connectivity index (χ2n) is 5.11. The van der Waals surface area contributed by atoms with Gasteiger partial charge in [0, 0.05) is 29.4 Å². The van der Waals surface area contributed by atoms with Crippen molar-refractivity contribution in [1.29, 1.82) is 0 Å². The van der Waals surface area contributed by atoms with E-state index in [-0.39, 0.29) is 0 Å². The average molecular weight is 304 g/mol. The van der Waals surface area contributed by atoms with E-state index in [1.54, 1.807) is 12.3 Å². The van der Waals surface area contributed by atoms with Gasteiger partial charge in [0.25, 0.3) is 0 Å². The zero-order valence-corrected chi connectivity index (χ0v) is 12.5. The Hall–Kier alpha value is -3.14. The molecule has 0 spiro atoms. The van der Waals surface area contributed by atoms with Crippen LogP contribution in [0.2, 0.25) is 0 Å². The summed E-state index contributed by atoms with van der Waals surface area (Å²) in [4.78, 5) is 14.9. The molecule has 2 heterocycles. The number of para-hydroxylation sites is 1. The van der Waals surface area contributed by atoms with Crippen molar-refractivity contribution >= 4 is 22.9 Å². The first-order chi connectivity index (χ1) is 11.2. The molecule has 23 heavy (non-hydrogen) atoms. The summed E-state index contributed by atoms with van der Waals surface area (Å²) in [6.45, 7) is 0.695. The SMILES string of the molecule is O=C(O)C=CC=Cc1cn(Cc2ccccn2)c2ccccc12. The van der Waals surface area contributed by atoms with E-state index < -0.39 is 5.97 Å². The van der Waals surface area contributed by atoms with E-state index in [2.05, 4.69) is 27.9 Å². The predicted octanol–water partition coefficient (Wildman–Crippen LogP) is 3.74. The zero-order valence-electron chi connectivity index (χ0n) is 12.5. The number of nitrogens with zero attached hydrogens (tertiary/aromatic N) is 2. The van der Waals surface area contributed by atoms with Crippen molar-refractivity contribution in [3.05, 3.63) is 84.3 Å². The third-order valence-electron chi connectivity index (χ3n) is 3.50. The fourth-order valence-electron chi connectivity index (χ4n) is 2.50. The van der Waals surface area contributed by atoms with Gasteiger partial charge in [-0.25, -0.2) is 4.79 Å². The molecule has 0 saturated carbocycles. The Bertz CT molecular complexity index is 877. The first-order valence-electron chi connectivity index (χ1n) is 7.29. The van der Waals surface area contributed by atoms with Crippen LogP contribution in [0.15, 0.2) is 73.1 Å². The molecule has 0 atom stereocenters. The Morgan fingerprint density at radius 3 is 2.74 bits per heavy atom. The van der Waals surface area contributed by atoms with E-state index in [0.717, 1.165) is 28.2 Å². The van der Waals surface area contributed by atoms with Crippen LogP contribution in [0.4, 0.5) is 0 Å². The van der Waals surface area contributed by atoms with Crippen LogP contribution >= 0.6 is 0 Å². The fourth-order valence-corrected chi connectivity index (χ4v) is 2.50. The number of fused-ring (bicyclic) bond motifs is 1. The Morgan fingerprint density at radius 2 is 1.96 bits per heavy atom. The third-order valence-corrected chi connectivity index (χ3v) is 3.50. The summed E-state index contributed by atoms with van der Waals surface area (Å²) in [5, 5.41) is 9.75. The molecule has 0 radical (unpaired) electrons. The molecule has 1 N–H and O–H groups in total. The van der Waals surface area contributed by atoms with Crippen LogP contribution in [0, 0.1) is 0 Å². The van der Waals surface area contributed by atoms with Crippen LogP contribution in [-0.4, -0.2) is 20.6 Å². The maximum absolute atomic E-state index is 10.5.